The van der Waals surface area contributed by atoms with Gasteiger partial charge < -0.3 is 14.0 Å². The van der Waals surface area contributed by atoms with Gasteiger partial charge in [-0.1, -0.05) is 41.6 Å². The van der Waals surface area contributed by atoms with Crippen molar-refractivity contribution in [1.29, 1.82) is 0 Å². The van der Waals surface area contributed by atoms with Crippen molar-refractivity contribution in [3.8, 4) is 17.1 Å². The van der Waals surface area contributed by atoms with Crippen LogP contribution in [-0.4, -0.2) is 32.8 Å². The molecule has 0 radical (unpaired) electrons. The first-order valence-corrected chi connectivity index (χ1v) is 11.4. The minimum atomic E-state index is 0.268. The molecule has 3 aromatic carbocycles. The van der Waals surface area contributed by atoms with Crippen molar-refractivity contribution in [3.63, 3.8) is 0 Å². The Balaban J connectivity index is 1.20. The molecule has 4 heterocycles. The van der Waals surface area contributed by atoms with Gasteiger partial charge in [-0.2, -0.15) is 4.98 Å². The molecule has 0 aliphatic carbocycles. The number of hydrogen-bond donors (Lipinski definition) is 0. The molecule has 0 unspecified atom stereocenters. The van der Waals surface area contributed by atoms with Gasteiger partial charge in [-0.25, -0.2) is 0 Å². The molecular weight excluding hydrogens is 422 g/mol. The van der Waals surface area contributed by atoms with Crippen LogP contribution in [0.5, 0.6) is 0 Å². The van der Waals surface area contributed by atoms with E-state index in [1.165, 1.54) is 16.6 Å². The highest BCUT2D eigenvalue weighted by atomic mass is 16.5. The third-order valence-electron chi connectivity index (χ3n) is 6.64. The van der Waals surface area contributed by atoms with Gasteiger partial charge >= 0.3 is 0 Å². The van der Waals surface area contributed by atoms with E-state index in [0.717, 1.165) is 41.1 Å². The summed E-state index contributed by atoms with van der Waals surface area (Å²) in [6, 6.07) is 29.2. The Kier molecular flexibility index (Phi) is 4.24. The number of rotatable bonds is 4. The summed E-state index contributed by atoms with van der Waals surface area (Å²) in [6.45, 7) is 1.74. The molecule has 1 fully saturated rings. The number of aromatic nitrogens is 4. The maximum atomic E-state index is 5.51. The molecule has 0 N–H and O–H groups in total. The van der Waals surface area contributed by atoms with E-state index in [1.54, 1.807) is 0 Å². The predicted octanol–water partition coefficient (Wildman–Crippen LogP) is 5.83. The predicted molar refractivity (Wildman–Crippen MR) is 133 cm³/mol. The molecule has 0 amide bonds. The second-order valence-corrected chi connectivity index (χ2v) is 8.69. The van der Waals surface area contributed by atoms with E-state index in [2.05, 4.69) is 73.1 Å². The number of hydrogen-bond acceptors (Lipinski definition) is 5. The van der Waals surface area contributed by atoms with Crippen molar-refractivity contribution in [2.75, 3.05) is 18.0 Å². The Hall–Kier alpha value is -4.45. The van der Waals surface area contributed by atoms with Crippen LogP contribution < -0.4 is 4.90 Å². The van der Waals surface area contributed by atoms with Gasteiger partial charge in [0.2, 0.25) is 0 Å². The summed E-state index contributed by atoms with van der Waals surface area (Å²) < 4.78 is 7.81. The van der Waals surface area contributed by atoms with Gasteiger partial charge in [-0.3, -0.25) is 4.98 Å². The van der Waals surface area contributed by atoms with E-state index >= 15 is 0 Å². The Morgan fingerprint density at radius 1 is 0.765 bits per heavy atom. The van der Waals surface area contributed by atoms with Crippen LogP contribution in [0.4, 0.5) is 5.69 Å². The summed E-state index contributed by atoms with van der Waals surface area (Å²) in [5.74, 6) is 1.63. The van der Waals surface area contributed by atoms with E-state index in [-0.39, 0.29) is 5.92 Å². The molecule has 6 nitrogen and oxygen atoms in total. The number of fused-ring (bicyclic) bond motifs is 3. The highest BCUT2D eigenvalue weighted by Gasteiger charge is 2.32. The Morgan fingerprint density at radius 3 is 2.35 bits per heavy atom. The minimum absolute atomic E-state index is 0.268. The van der Waals surface area contributed by atoms with Crippen molar-refractivity contribution in [2.45, 2.75) is 5.92 Å². The van der Waals surface area contributed by atoms with Crippen molar-refractivity contribution >= 4 is 27.5 Å². The third-order valence-corrected chi connectivity index (χ3v) is 6.64. The summed E-state index contributed by atoms with van der Waals surface area (Å²) in [5, 5.41) is 6.61. The van der Waals surface area contributed by atoms with Crippen LogP contribution in [0, 0.1) is 0 Å². The summed E-state index contributed by atoms with van der Waals surface area (Å²) >= 11 is 0. The zero-order valence-corrected chi connectivity index (χ0v) is 18.4. The van der Waals surface area contributed by atoms with E-state index in [0.29, 0.717) is 5.89 Å². The van der Waals surface area contributed by atoms with E-state index in [4.69, 9.17) is 4.52 Å². The minimum Gasteiger partial charge on any atom is -0.370 e. The highest BCUT2D eigenvalue weighted by molar-refractivity contribution is 6.09. The van der Waals surface area contributed by atoms with Crippen LogP contribution in [0.1, 0.15) is 11.7 Å². The fourth-order valence-electron chi connectivity index (χ4n) is 4.86. The first-order valence-electron chi connectivity index (χ1n) is 11.4. The van der Waals surface area contributed by atoms with Crippen LogP contribution in [-0.2, 0) is 0 Å². The van der Waals surface area contributed by atoms with E-state index in [9.17, 15) is 0 Å². The largest absolute Gasteiger partial charge is 0.370 e. The van der Waals surface area contributed by atoms with Gasteiger partial charge in [0.05, 0.1) is 17.0 Å². The fraction of sp³-hybridized carbons (Fsp3) is 0.107. The fourth-order valence-corrected chi connectivity index (χ4v) is 4.86. The van der Waals surface area contributed by atoms with Crippen LogP contribution in [0.3, 0.4) is 0 Å². The molecule has 6 heteroatoms. The summed E-state index contributed by atoms with van der Waals surface area (Å²) in [5.41, 5.74) is 5.64. The Morgan fingerprint density at radius 2 is 1.53 bits per heavy atom. The van der Waals surface area contributed by atoms with Gasteiger partial charge in [0, 0.05) is 53.2 Å². The topological polar surface area (TPSA) is 60.0 Å². The average Bonchev–Trinajstić information content (AvgIpc) is 3.47. The second kappa shape index (κ2) is 7.56. The van der Waals surface area contributed by atoms with Crippen LogP contribution in [0.25, 0.3) is 38.9 Å². The molecule has 0 spiro atoms. The third kappa shape index (κ3) is 2.99. The van der Waals surface area contributed by atoms with Crippen LogP contribution in [0.2, 0.25) is 0 Å². The van der Waals surface area contributed by atoms with Gasteiger partial charge in [0.1, 0.15) is 0 Å². The molecule has 0 atom stereocenters. The molecule has 0 bridgehead atoms. The number of pyridine rings is 1. The molecule has 34 heavy (non-hydrogen) atoms. The molecule has 3 aromatic heterocycles. The molecule has 7 rings (SSSR count). The number of benzene rings is 3. The Labute approximate surface area is 196 Å². The number of nitrogens with zero attached hydrogens (tertiary/aromatic N) is 5. The second-order valence-electron chi connectivity index (χ2n) is 8.69. The lowest BCUT2D eigenvalue weighted by molar-refractivity contribution is 0.402. The quantitative estimate of drug-likeness (QED) is 0.343. The molecule has 1 aliphatic rings. The first-order chi connectivity index (χ1) is 16.8. The first kappa shape index (κ1) is 19.1. The lowest BCUT2D eigenvalue weighted by Crippen LogP contribution is -2.45. The summed E-state index contributed by atoms with van der Waals surface area (Å²) in [6.07, 6.45) is 3.82. The highest BCUT2D eigenvalue weighted by Crippen LogP contribution is 2.37. The number of para-hydroxylation sites is 1. The van der Waals surface area contributed by atoms with Crippen LogP contribution in [0.15, 0.2) is 102 Å². The molecule has 1 aliphatic heterocycles. The molecule has 6 aromatic rings. The monoisotopic (exact) mass is 443 g/mol. The van der Waals surface area contributed by atoms with Crippen molar-refractivity contribution in [2.24, 2.45) is 0 Å². The maximum Gasteiger partial charge on any atom is 0.257 e. The van der Waals surface area contributed by atoms with Crippen molar-refractivity contribution in [3.05, 3.63) is 103 Å². The lowest BCUT2D eigenvalue weighted by atomic mass is 9.98. The van der Waals surface area contributed by atoms with Gasteiger partial charge in [0.25, 0.3) is 5.89 Å². The zero-order valence-electron chi connectivity index (χ0n) is 18.4. The summed E-state index contributed by atoms with van der Waals surface area (Å²) in [7, 11) is 0. The number of anilines is 1. The molecule has 0 saturated carbocycles. The smallest absolute Gasteiger partial charge is 0.257 e. The van der Waals surface area contributed by atoms with E-state index < -0.39 is 0 Å². The molecule has 1 saturated heterocycles. The standard InChI is InChI=1S/C28H21N5O/c1-3-7-19(8-4-1)28-30-27(31-34-28)20-17-32(18-20)22-11-12-25-23(15-22)24-16-29-14-13-26(24)33(25)21-9-5-2-6-10-21/h1-16,20H,17-18H2. The average molecular weight is 444 g/mol. The Bertz CT molecular complexity index is 1610. The van der Waals surface area contributed by atoms with Crippen molar-refractivity contribution in [1.82, 2.24) is 19.7 Å². The van der Waals surface area contributed by atoms with Gasteiger partial charge in [-0.15, -0.1) is 0 Å². The van der Waals surface area contributed by atoms with Gasteiger partial charge in [-0.05, 0) is 48.5 Å². The molecule has 164 valence electrons. The van der Waals surface area contributed by atoms with E-state index in [1.807, 2.05) is 48.8 Å². The normalized spacial score (nSPS) is 14.1. The molecular formula is C28H21N5O. The lowest BCUT2D eigenvalue weighted by Gasteiger charge is -2.39. The van der Waals surface area contributed by atoms with Crippen LogP contribution >= 0.6 is 0 Å². The summed E-state index contributed by atoms with van der Waals surface area (Å²) in [4.78, 5) is 11.4. The van der Waals surface area contributed by atoms with Gasteiger partial charge in [0.15, 0.2) is 5.82 Å². The van der Waals surface area contributed by atoms with Crippen molar-refractivity contribution < 1.29 is 4.52 Å². The SMILES string of the molecule is c1ccc(-c2nc(C3CN(c4ccc5c(c4)c4cnccc4n5-c4ccccc4)C3)no2)cc1. The zero-order chi connectivity index (χ0) is 22.5. The maximum absolute atomic E-state index is 5.51.